The van der Waals surface area contributed by atoms with Crippen LogP contribution in [-0.2, 0) is 6.42 Å². The van der Waals surface area contributed by atoms with Crippen molar-refractivity contribution < 1.29 is 41.0 Å². The van der Waals surface area contributed by atoms with E-state index in [9.17, 15) is 36.2 Å². The number of benzene rings is 2. The highest BCUT2D eigenvalue weighted by molar-refractivity contribution is 7.20. The zero-order chi connectivity index (χ0) is 32.0. The number of likely N-dealkylation sites (tertiary alicyclic amines) is 1. The van der Waals surface area contributed by atoms with Crippen LogP contribution in [-0.4, -0.2) is 74.1 Å². The molecule has 0 radical (unpaired) electrons. The van der Waals surface area contributed by atoms with Gasteiger partial charge in [-0.05, 0) is 42.8 Å². The molecule has 1 aromatic heterocycles. The lowest BCUT2D eigenvalue weighted by Gasteiger charge is -2.33. The molecule has 1 aliphatic rings. The number of aliphatic hydroxyl groups excluding tert-OH is 1. The summed E-state index contributed by atoms with van der Waals surface area (Å²) in [5.74, 6) is 3.14. The Morgan fingerprint density at radius 3 is 2.57 bits per heavy atom. The van der Waals surface area contributed by atoms with Crippen LogP contribution >= 0.6 is 11.3 Å². The number of thiophene rings is 1. The van der Waals surface area contributed by atoms with Gasteiger partial charge in [-0.1, -0.05) is 24.0 Å². The number of piperidine rings is 1. The van der Waals surface area contributed by atoms with Crippen molar-refractivity contribution in [1.82, 2.24) is 10.2 Å². The van der Waals surface area contributed by atoms with E-state index in [2.05, 4.69) is 37.4 Å². The SMILES string of the molecule is CNC(=O)c1cc(OC(F)F)c(NCC#Cc2sc3c(NC4CCN(CC(C)O)CC4)cccc3c2CC(F)(F)F)cc1F. The monoisotopic (exact) mass is 642 g/mol. The van der Waals surface area contributed by atoms with Gasteiger partial charge in [0.1, 0.15) is 11.6 Å². The maximum absolute atomic E-state index is 14.5. The summed E-state index contributed by atoms with van der Waals surface area (Å²) in [6.45, 7) is 0.397. The molecule has 3 aromatic rings. The Kier molecular flexibility index (Phi) is 10.9. The summed E-state index contributed by atoms with van der Waals surface area (Å²) in [6.07, 6.45) is -4.49. The first-order valence-corrected chi connectivity index (χ1v) is 14.7. The van der Waals surface area contributed by atoms with E-state index in [4.69, 9.17) is 0 Å². The van der Waals surface area contributed by atoms with E-state index in [1.54, 1.807) is 19.1 Å². The number of hydrogen-bond acceptors (Lipinski definition) is 7. The minimum absolute atomic E-state index is 0.0306. The Labute approximate surface area is 254 Å². The van der Waals surface area contributed by atoms with Gasteiger partial charge < -0.3 is 30.7 Å². The molecule has 1 unspecified atom stereocenters. The number of anilines is 2. The Hall–Kier alpha value is -3.67. The van der Waals surface area contributed by atoms with Crippen molar-refractivity contribution in [3.8, 4) is 17.6 Å². The molecule has 4 N–H and O–H groups in total. The maximum Gasteiger partial charge on any atom is 0.393 e. The summed E-state index contributed by atoms with van der Waals surface area (Å²) in [5.41, 5.74) is 0.0267. The Balaban J connectivity index is 1.57. The van der Waals surface area contributed by atoms with Gasteiger partial charge in [-0.25, -0.2) is 4.39 Å². The normalized spacial score (nSPS) is 15.1. The molecule has 1 aliphatic heterocycles. The van der Waals surface area contributed by atoms with E-state index in [1.807, 2.05) is 6.07 Å². The summed E-state index contributed by atoms with van der Waals surface area (Å²) in [6, 6.07) is 6.88. The van der Waals surface area contributed by atoms with Crippen LogP contribution in [0.5, 0.6) is 5.75 Å². The number of ether oxygens (including phenoxy) is 1. The molecule has 2 heterocycles. The number of nitrogens with one attached hydrogen (secondary N) is 3. The van der Waals surface area contributed by atoms with Crippen LogP contribution in [0.25, 0.3) is 10.1 Å². The zero-order valence-electron chi connectivity index (χ0n) is 24.0. The maximum atomic E-state index is 14.5. The van der Waals surface area contributed by atoms with Gasteiger partial charge in [0.15, 0.2) is 0 Å². The topological polar surface area (TPSA) is 85.9 Å². The molecule has 0 aliphatic carbocycles. The quantitative estimate of drug-likeness (QED) is 0.165. The van der Waals surface area contributed by atoms with E-state index >= 15 is 0 Å². The minimum atomic E-state index is -4.49. The molecule has 1 saturated heterocycles. The lowest BCUT2D eigenvalue weighted by Crippen LogP contribution is -2.41. The number of β-amino-alcohol motifs (C(OH)–C–C–N with tert-alkyl or cyclic N) is 1. The zero-order valence-corrected chi connectivity index (χ0v) is 24.8. The number of amides is 1. The third kappa shape index (κ3) is 8.71. The summed E-state index contributed by atoms with van der Waals surface area (Å²) in [5, 5.41) is 18.4. The van der Waals surface area contributed by atoms with E-state index in [0.29, 0.717) is 22.3 Å². The number of aliphatic hydroxyl groups is 1. The molecular formula is C30H32F6N4O3S. The van der Waals surface area contributed by atoms with E-state index < -0.39 is 48.3 Å². The fourth-order valence-corrected chi connectivity index (χ4v) is 6.24. The van der Waals surface area contributed by atoms with Crippen LogP contribution in [0.15, 0.2) is 30.3 Å². The summed E-state index contributed by atoms with van der Waals surface area (Å²) < 4.78 is 86.3. The summed E-state index contributed by atoms with van der Waals surface area (Å²) >= 11 is 1.12. The van der Waals surface area contributed by atoms with Crippen molar-refractivity contribution in [3.05, 3.63) is 52.2 Å². The molecule has 44 heavy (non-hydrogen) atoms. The van der Waals surface area contributed by atoms with Crippen LogP contribution in [0.3, 0.4) is 0 Å². The summed E-state index contributed by atoms with van der Waals surface area (Å²) in [7, 11) is 1.25. The van der Waals surface area contributed by atoms with Crippen LogP contribution in [0.4, 0.5) is 37.7 Å². The van der Waals surface area contributed by atoms with Gasteiger partial charge in [0, 0.05) is 38.8 Å². The number of carbonyl (C=O) groups excluding carboxylic acids is 1. The van der Waals surface area contributed by atoms with Gasteiger partial charge in [0.05, 0.1) is 45.6 Å². The Bertz CT molecular complexity index is 1520. The lowest BCUT2D eigenvalue weighted by atomic mass is 10.0. The Morgan fingerprint density at radius 1 is 1.20 bits per heavy atom. The lowest BCUT2D eigenvalue weighted by molar-refractivity contribution is -0.127. The highest BCUT2D eigenvalue weighted by atomic mass is 32.1. The fraction of sp³-hybridized carbons (Fsp3) is 0.433. The highest BCUT2D eigenvalue weighted by Gasteiger charge is 2.31. The number of halogens is 6. The number of alkyl halides is 5. The van der Waals surface area contributed by atoms with Crippen molar-refractivity contribution in [2.75, 3.05) is 43.9 Å². The second-order valence-corrected chi connectivity index (χ2v) is 11.4. The van der Waals surface area contributed by atoms with Crippen molar-refractivity contribution in [2.24, 2.45) is 0 Å². The van der Waals surface area contributed by atoms with Gasteiger partial charge in [-0.2, -0.15) is 22.0 Å². The molecule has 2 aromatic carbocycles. The molecule has 1 amide bonds. The number of nitrogens with zero attached hydrogens (tertiary/aromatic N) is 1. The van der Waals surface area contributed by atoms with Crippen molar-refractivity contribution in [2.45, 2.75) is 51.1 Å². The first-order valence-electron chi connectivity index (χ1n) is 13.9. The predicted molar refractivity (Wildman–Crippen MR) is 158 cm³/mol. The van der Waals surface area contributed by atoms with Crippen LogP contribution in [0.1, 0.15) is 40.6 Å². The third-order valence-electron chi connectivity index (χ3n) is 6.99. The highest BCUT2D eigenvalue weighted by Crippen LogP contribution is 2.39. The van der Waals surface area contributed by atoms with Crippen LogP contribution in [0, 0.1) is 17.7 Å². The van der Waals surface area contributed by atoms with Gasteiger partial charge in [-0.3, -0.25) is 4.79 Å². The average molecular weight is 643 g/mol. The molecule has 238 valence electrons. The van der Waals surface area contributed by atoms with E-state index in [-0.39, 0.29) is 28.7 Å². The van der Waals surface area contributed by atoms with Gasteiger partial charge in [0.2, 0.25) is 0 Å². The average Bonchev–Trinajstić information content (AvgIpc) is 3.29. The van der Waals surface area contributed by atoms with Gasteiger partial charge in [0.25, 0.3) is 5.91 Å². The predicted octanol–water partition coefficient (Wildman–Crippen LogP) is 5.83. The molecule has 4 rings (SSSR count). The third-order valence-corrected chi connectivity index (χ3v) is 8.19. The summed E-state index contributed by atoms with van der Waals surface area (Å²) in [4.78, 5) is 14.2. The molecule has 1 fully saturated rings. The number of fused-ring (bicyclic) bond motifs is 1. The second kappa shape index (κ2) is 14.4. The molecule has 0 saturated carbocycles. The van der Waals surface area contributed by atoms with Crippen LogP contribution < -0.4 is 20.7 Å². The second-order valence-electron chi connectivity index (χ2n) is 10.4. The minimum Gasteiger partial charge on any atom is -0.433 e. The first-order chi connectivity index (χ1) is 20.8. The molecular weight excluding hydrogens is 610 g/mol. The molecule has 0 spiro atoms. The molecule has 0 bridgehead atoms. The standard InChI is InChI=1S/C30H32F6N4O3S/c1-17(41)16-40-11-8-18(9-12-40)39-23-6-3-5-19-21(15-30(34,35)36)26(44-27(19)23)7-4-10-38-24-14-22(31)20(28(42)37-2)13-25(24)43-29(32)33/h3,5-6,13-14,17-18,29,38-39,41H,8-12,15-16H2,1-2H3,(H,37,42). The number of hydrogen-bond donors (Lipinski definition) is 4. The van der Waals surface area contributed by atoms with Crippen molar-refractivity contribution in [1.29, 1.82) is 0 Å². The smallest absolute Gasteiger partial charge is 0.393 e. The number of rotatable bonds is 10. The molecule has 14 heteroatoms. The van der Waals surface area contributed by atoms with Gasteiger partial charge in [-0.15, -0.1) is 11.3 Å². The van der Waals surface area contributed by atoms with E-state index in [1.165, 1.54) is 7.05 Å². The number of carbonyl (C=O) groups is 1. The van der Waals surface area contributed by atoms with Crippen molar-refractivity contribution in [3.63, 3.8) is 0 Å². The largest absolute Gasteiger partial charge is 0.433 e. The van der Waals surface area contributed by atoms with E-state index in [0.717, 1.165) is 49.4 Å². The first kappa shape index (κ1) is 33.2. The molecule has 1 atom stereocenters. The van der Waals surface area contributed by atoms with Gasteiger partial charge >= 0.3 is 12.8 Å². The fourth-order valence-electron chi connectivity index (χ4n) is 5.07. The van der Waals surface area contributed by atoms with Crippen LogP contribution in [0.2, 0.25) is 0 Å². The Morgan fingerprint density at radius 2 is 1.93 bits per heavy atom. The molecule has 7 nitrogen and oxygen atoms in total. The van der Waals surface area contributed by atoms with Crippen molar-refractivity contribution >= 4 is 38.7 Å².